The lowest BCUT2D eigenvalue weighted by atomic mass is 9.69. The van der Waals surface area contributed by atoms with Crippen molar-refractivity contribution in [2.24, 2.45) is 16.7 Å². The van der Waals surface area contributed by atoms with Crippen LogP contribution in [0, 0.1) is 30.6 Å². The first-order valence-corrected chi connectivity index (χ1v) is 12.5. The van der Waals surface area contributed by atoms with E-state index >= 15 is 0 Å². The molecular weight excluding hydrogens is 410 g/mol. The molecule has 3 atom stereocenters. The molecule has 2 aliphatic carbocycles. The Labute approximate surface area is 196 Å². The van der Waals surface area contributed by atoms with E-state index in [2.05, 4.69) is 99.0 Å². The third-order valence-corrected chi connectivity index (χ3v) is 9.37. The highest BCUT2D eigenvalue weighted by Gasteiger charge is 2.61. The molecule has 2 bridgehead atoms. The summed E-state index contributed by atoms with van der Waals surface area (Å²) >= 11 is 1.65. The lowest BCUT2D eigenvalue weighted by Crippen LogP contribution is -2.41. The monoisotopic (exact) mass is 443 g/mol. The van der Waals surface area contributed by atoms with Crippen molar-refractivity contribution in [1.29, 1.82) is 0 Å². The molecular formula is C28H33N3S. The molecule has 1 aromatic heterocycles. The van der Waals surface area contributed by atoms with Crippen LogP contribution in [0.1, 0.15) is 51.2 Å². The Morgan fingerprint density at radius 3 is 2.06 bits per heavy atom. The lowest BCUT2D eigenvalue weighted by Gasteiger charge is -2.39. The average Bonchev–Trinajstić information content (AvgIpc) is 3.12. The van der Waals surface area contributed by atoms with Gasteiger partial charge in [-0.1, -0.05) is 80.4 Å². The van der Waals surface area contributed by atoms with Gasteiger partial charge in [-0.05, 0) is 73.4 Å². The van der Waals surface area contributed by atoms with Gasteiger partial charge in [-0.25, -0.2) is 0 Å². The molecule has 2 aromatic carbocycles. The largest absolute Gasteiger partial charge is 0.255 e. The van der Waals surface area contributed by atoms with Crippen molar-refractivity contribution < 1.29 is 0 Å². The van der Waals surface area contributed by atoms with Crippen molar-refractivity contribution in [2.75, 3.05) is 0 Å². The van der Waals surface area contributed by atoms with E-state index in [4.69, 9.17) is 5.10 Å². The summed E-state index contributed by atoms with van der Waals surface area (Å²) in [7, 11) is 0. The summed E-state index contributed by atoms with van der Waals surface area (Å²) in [4.78, 5) is 0. The molecule has 1 heterocycles. The van der Waals surface area contributed by atoms with Crippen molar-refractivity contribution in [3.05, 3.63) is 65.7 Å². The number of nitrogens with zero attached hydrogens (tertiary/aromatic N) is 2. The van der Waals surface area contributed by atoms with Gasteiger partial charge in [0, 0.05) is 17.2 Å². The first-order valence-electron chi connectivity index (χ1n) is 11.7. The van der Waals surface area contributed by atoms with Crippen LogP contribution in [0.2, 0.25) is 0 Å². The normalized spacial score (nSPS) is 25.9. The second-order valence-electron chi connectivity index (χ2n) is 10.6. The van der Waals surface area contributed by atoms with Gasteiger partial charge in [-0.15, -0.1) is 10.2 Å². The van der Waals surface area contributed by atoms with Gasteiger partial charge in [0.2, 0.25) is 0 Å². The number of rotatable bonds is 5. The van der Waals surface area contributed by atoms with E-state index in [0.717, 1.165) is 27.8 Å². The molecule has 5 rings (SSSR count). The molecule has 2 aliphatic rings. The van der Waals surface area contributed by atoms with Gasteiger partial charge in [0.05, 0.1) is 0 Å². The molecule has 3 nitrogen and oxygen atoms in total. The van der Waals surface area contributed by atoms with E-state index in [1.54, 1.807) is 11.9 Å². The molecule has 0 radical (unpaired) electrons. The Morgan fingerprint density at radius 1 is 0.875 bits per heavy atom. The summed E-state index contributed by atoms with van der Waals surface area (Å²) in [5.41, 5.74) is 7.60. The molecule has 166 valence electrons. The summed E-state index contributed by atoms with van der Waals surface area (Å²) < 4.78 is 3.79. The van der Waals surface area contributed by atoms with E-state index in [0.29, 0.717) is 16.9 Å². The van der Waals surface area contributed by atoms with Gasteiger partial charge < -0.3 is 0 Å². The van der Waals surface area contributed by atoms with Crippen molar-refractivity contribution in [3.8, 4) is 22.4 Å². The fourth-order valence-electron chi connectivity index (χ4n) is 5.82. The van der Waals surface area contributed by atoms with Crippen LogP contribution in [-0.4, -0.2) is 16.2 Å². The van der Waals surface area contributed by atoms with E-state index < -0.39 is 0 Å². The number of nitrogens with one attached hydrogen (secondary N) is 1. The Morgan fingerprint density at radius 2 is 1.50 bits per heavy atom. The van der Waals surface area contributed by atoms with Gasteiger partial charge >= 0.3 is 0 Å². The summed E-state index contributed by atoms with van der Waals surface area (Å²) in [6.07, 6.45) is 3.95. The van der Waals surface area contributed by atoms with E-state index in [9.17, 15) is 0 Å². The first kappa shape index (κ1) is 21.7. The fourth-order valence-corrected chi connectivity index (χ4v) is 6.69. The van der Waals surface area contributed by atoms with E-state index in [1.165, 1.54) is 36.0 Å². The Hall–Kier alpha value is -2.17. The van der Waals surface area contributed by atoms with E-state index in [1.807, 2.05) is 0 Å². The minimum absolute atomic E-state index is 0.347. The van der Waals surface area contributed by atoms with Crippen molar-refractivity contribution in [1.82, 2.24) is 14.9 Å². The van der Waals surface area contributed by atoms with Crippen LogP contribution in [0.3, 0.4) is 0 Å². The molecule has 0 spiro atoms. The van der Waals surface area contributed by atoms with Gasteiger partial charge in [-0.2, -0.15) is 0 Å². The number of benzene rings is 2. The minimum Gasteiger partial charge on any atom is -0.255 e. The zero-order valence-corrected chi connectivity index (χ0v) is 20.6. The topological polar surface area (TPSA) is 37.8 Å². The fraction of sp³-hybridized carbons (Fsp3) is 0.429. The van der Waals surface area contributed by atoms with Crippen LogP contribution in [0.25, 0.3) is 22.4 Å². The smallest absolute Gasteiger partial charge is 0.134 e. The maximum Gasteiger partial charge on any atom is 0.134 e. The predicted octanol–water partition coefficient (Wildman–Crippen LogP) is 7.24. The van der Waals surface area contributed by atoms with E-state index in [-0.39, 0.29) is 0 Å². The molecule has 0 amide bonds. The Kier molecular flexibility index (Phi) is 5.42. The highest BCUT2D eigenvalue weighted by Crippen LogP contribution is 2.65. The van der Waals surface area contributed by atoms with Crippen LogP contribution in [0.15, 0.2) is 59.6 Å². The highest BCUT2D eigenvalue weighted by atomic mass is 32.2. The zero-order valence-electron chi connectivity index (χ0n) is 19.8. The maximum atomic E-state index is 4.71. The molecule has 0 saturated heterocycles. The predicted molar refractivity (Wildman–Crippen MR) is 134 cm³/mol. The second kappa shape index (κ2) is 8.00. The molecule has 2 fully saturated rings. The zero-order chi connectivity index (χ0) is 22.5. The van der Waals surface area contributed by atoms with Gasteiger partial charge in [0.15, 0.2) is 0 Å². The Balaban J connectivity index is 1.45. The summed E-state index contributed by atoms with van der Waals surface area (Å²) in [6, 6.07) is 20.0. The lowest BCUT2D eigenvalue weighted by molar-refractivity contribution is 0.131. The van der Waals surface area contributed by atoms with Crippen LogP contribution in [-0.2, 0) is 0 Å². The van der Waals surface area contributed by atoms with Crippen LogP contribution in [0.4, 0.5) is 0 Å². The van der Waals surface area contributed by atoms with Crippen molar-refractivity contribution in [3.63, 3.8) is 0 Å². The van der Waals surface area contributed by atoms with Crippen molar-refractivity contribution in [2.45, 2.75) is 64.9 Å². The number of hydrogen-bond donors (Lipinski definition) is 1. The average molecular weight is 444 g/mol. The summed E-state index contributed by atoms with van der Waals surface area (Å²) in [6.45, 7) is 11.6. The van der Waals surface area contributed by atoms with Gasteiger partial charge in [0.25, 0.3) is 0 Å². The summed E-state index contributed by atoms with van der Waals surface area (Å²) in [5.74, 6) is 0.823. The SMILES string of the molecule is Cc1ccc(-c2cc(SNC3CC4CCC3(C)C4(C)C)nnc2-c2ccc(C)cc2)cc1. The Bertz CT molecular complexity index is 1120. The number of fused-ring (bicyclic) bond motifs is 2. The quantitative estimate of drug-likeness (QED) is 0.422. The number of hydrogen-bond acceptors (Lipinski definition) is 4. The molecule has 0 aliphatic heterocycles. The molecule has 32 heavy (non-hydrogen) atoms. The third kappa shape index (κ3) is 3.58. The molecule has 3 aromatic rings. The highest BCUT2D eigenvalue weighted by molar-refractivity contribution is 7.97. The number of aromatic nitrogens is 2. The molecule has 3 unspecified atom stereocenters. The minimum atomic E-state index is 0.347. The third-order valence-electron chi connectivity index (χ3n) is 8.56. The van der Waals surface area contributed by atoms with Crippen molar-refractivity contribution >= 4 is 11.9 Å². The molecule has 2 saturated carbocycles. The van der Waals surface area contributed by atoms with Gasteiger partial charge in [0.1, 0.15) is 10.7 Å². The van der Waals surface area contributed by atoms with Crippen LogP contribution in [0.5, 0.6) is 0 Å². The van der Waals surface area contributed by atoms with Crippen LogP contribution < -0.4 is 4.72 Å². The summed E-state index contributed by atoms with van der Waals surface area (Å²) in [5, 5.41) is 10.3. The molecule has 1 N–H and O–H groups in total. The first-order chi connectivity index (χ1) is 15.3. The standard InChI is InChI=1S/C28H33N3S/c1-18-6-10-20(11-7-18)23-17-25(29-30-26(23)21-12-8-19(2)9-13-21)32-31-24-16-22-14-15-28(24,5)27(22,3)4/h6-13,17,22,24,31H,14-16H2,1-5H3. The number of aryl methyl sites for hydroxylation is 2. The second-order valence-corrected chi connectivity index (χ2v) is 11.4. The van der Waals surface area contributed by atoms with Crippen LogP contribution >= 0.6 is 11.9 Å². The maximum absolute atomic E-state index is 4.71. The molecule has 4 heteroatoms. The van der Waals surface area contributed by atoms with Gasteiger partial charge in [-0.3, -0.25) is 4.72 Å².